The molecule has 2 N–H and O–H groups in total. The summed E-state index contributed by atoms with van der Waals surface area (Å²) in [5, 5.41) is 8.51. The Labute approximate surface area is 89.7 Å². The third-order valence-electron chi connectivity index (χ3n) is 2.32. The van der Waals surface area contributed by atoms with Crippen LogP contribution in [0, 0.1) is 6.92 Å². The molecule has 0 spiro atoms. The number of aromatic nitrogens is 2. The minimum absolute atomic E-state index is 0.205. The van der Waals surface area contributed by atoms with Gasteiger partial charge in [-0.1, -0.05) is 13.8 Å². The first-order valence-corrected chi connectivity index (χ1v) is 5.28. The summed E-state index contributed by atoms with van der Waals surface area (Å²) in [4.78, 5) is 18.0. The van der Waals surface area contributed by atoms with E-state index in [2.05, 4.69) is 23.8 Å². The number of aliphatic carboxylic acids is 1. The van der Waals surface area contributed by atoms with Crippen molar-refractivity contribution in [1.29, 1.82) is 0 Å². The molecule has 0 aliphatic rings. The Balaban J connectivity index is 2.55. The highest BCUT2D eigenvalue weighted by atomic mass is 16.4. The summed E-state index contributed by atoms with van der Waals surface area (Å²) in [5.41, 5.74) is 2.18. The summed E-state index contributed by atoms with van der Waals surface area (Å²) in [6.45, 7) is 6.21. The fourth-order valence-electron chi connectivity index (χ4n) is 1.63. The Morgan fingerprint density at radius 3 is 2.67 bits per heavy atom. The van der Waals surface area contributed by atoms with Gasteiger partial charge in [-0.05, 0) is 19.3 Å². The summed E-state index contributed by atoms with van der Waals surface area (Å²) in [7, 11) is 0. The number of H-pyrrole nitrogens is 1. The second-order valence-electron chi connectivity index (χ2n) is 4.10. The van der Waals surface area contributed by atoms with Crippen molar-refractivity contribution in [3.8, 4) is 0 Å². The fourth-order valence-corrected chi connectivity index (χ4v) is 1.63. The lowest BCUT2D eigenvalue weighted by molar-refractivity contribution is -0.137. The van der Waals surface area contributed by atoms with Crippen LogP contribution in [0.1, 0.15) is 49.8 Å². The van der Waals surface area contributed by atoms with Crippen molar-refractivity contribution in [2.45, 2.75) is 46.0 Å². The van der Waals surface area contributed by atoms with Crippen LogP contribution in [0.25, 0.3) is 0 Å². The number of carboxylic acids is 1. The Hall–Kier alpha value is -1.32. The summed E-state index contributed by atoms with van der Waals surface area (Å²) in [5.74, 6) is 0.564. The van der Waals surface area contributed by atoms with Crippen LogP contribution in [-0.2, 0) is 11.2 Å². The number of carboxylic acid groups (broad SMARTS) is 1. The molecule has 0 aliphatic heterocycles. The molecule has 0 saturated carbocycles. The predicted octanol–water partition coefficient (Wildman–Crippen LogP) is 2.25. The zero-order valence-electron chi connectivity index (χ0n) is 9.50. The molecule has 4 heteroatoms. The van der Waals surface area contributed by atoms with Crippen molar-refractivity contribution in [2.75, 3.05) is 0 Å². The van der Waals surface area contributed by atoms with E-state index in [1.54, 1.807) is 0 Å². The molecule has 1 aromatic rings. The van der Waals surface area contributed by atoms with E-state index < -0.39 is 5.97 Å². The Kier molecular flexibility index (Phi) is 3.88. The second-order valence-corrected chi connectivity index (χ2v) is 4.10. The van der Waals surface area contributed by atoms with Gasteiger partial charge in [0.15, 0.2) is 0 Å². The fraction of sp³-hybridized carbons (Fsp3) is 0.636. The van der Waals surface area contributed by atoms with Crippen molar-refractivity contribution in [2.24, 2.45) is 0 Å². The second kappa shape index (κ2) is 4.96. The van der Waals surface area contributed by atoms with Crippen LogP contribution in [0.3, 0.4) is 0 Å². The van der Waals surface area contributed by atoms with Gasteiger partial charge in [0.1, 0.15) is 5.82 Å². The number of hydrogen-bond acceptors (Lipinski definition) is 2. The van der Waals surface area contributed by atoms with Gasteiger partial charge < -0.3 is 10.1 Å². The van der Waals surface area contributed by atoms with Crippen LogP contribution < -0.4 is 0 Å². The van der Waals surface area contributed by atoms with E-state index in [1.165, 1.54) is 0 Å². The standard InChI is InChI=1S/C11H18N2O2/c1-7(2)11-8(3)12-9(13-11)5-4-6-10(14)15/h7H,4-6H2,1-3H3,(H,12,13)(H,14,15). The highest BCUT2D eigenvalue weighted by Crippen LogP contribution is 2.16. The van der Waals surface area contributed by atoms with Gasteiger partial charge in [-0.3, -0.25) is 4.79 Å². The molecule has 4 nitrogen and oxygen atoms in total. The molecular weight excluding hydrogens is 192 g/mol. The molecular formula is C11H18N2O2. The van der Waals surface area contributed by atoms with Crippen molar-refractivity contribution in [1.82, 2.24) is 9.97 Å². The predicted molar refractivity (Wildman–Crippen MR) is 58.0 cm³/mol. The Morgan fingerprint density at radius 1 is 1.53 bits per heavy atom. The zero-order valence-corrected chi connectivity index (χ0v) is 9.50. The molecule has 0 fully saturated rings. The van der Waals surface area contributed by atoms with Crippen molar-refractivity contribution >= 4 is 5.97 Å². The first kappa shape index (κ1) is 11.8. The third kappa shape index (κ3) is 3.38. The third-order valence-corrected chi connectivity index (χ3v) is 2.32. The molecule has 0 bridgehead atoms. The molecule has 1 aromatic heterocycles. The Morgan fingerprint density at radius 2 is 2.20 bits per heavy atom. The van der Waals surface area contributed by atoms with E-state index in [0.717, 1.165) is 17.2 Å². The lowest BCUT2D eigenvalue weighted by atomic mass is 10.1. The number of nitrogens with zero attached hydrogens (tertiary/aromatic N) is 1. The summed E-state index contributed by atoms with van der Waals surface area (Å²) in [6, 6.07) is 0. The van der Waals surface area contributed by atoms with Crippen LogP contribution >= 0.6 is 0 Å². The first-order valence-electron chi connectivity index (χ1n) is 5.28. The number of aromatic amines is 1. The SMILES string of the molecule is Cc1[nH]c(CCCC(=O)O)nc1C(C)C. The van der Waals surface area contributed by atoms with Gasteiger partial charge in [-0.15, -0.1) is 0 Å². The van der Waals surface area contributed by atoms with Gasteiger partial charge in [0.25, 0.3) is 0 Å². The van der Waals surface area contributed by atoms with Crippen LogP contribution in [0.4, 0.5) is 0 Å². The monoisotopic (exact) mass is 210 g/mol. The Bertz CT molecular complexity index is 342. The molecule has 0 unspecified atom stereocenters. The number of carbonyl (C=O) groups is 1. The molecule has 15 heavy (non-hydrogen) atoms. The quantitative estimate of drug-likeness (QED) is 0.783. The minimum Gasteiger partial charge on any atom is -0.481 e. The van der Waals surface area contributed by atoms with E-state index in [0.29, 0.717) is 18.8 Å². The number of hydrogen-bond donors (Lipinski definition) is 2. The maximum absolute atomic E-state index is 10.3. The maximum atomic E-state index is 10.3. The molecule has 0 amide bonds. The normalized spacial score (nSPS) is 10.9. The van der Waals surface area contributed by atoms with Gasteiger partial charge in [0.2, 0.25) is 0 Å². The van der Waals surface area contributed by atoms with Crippen LogP contribution in [0.5, 0.6) is 0 Å². The molecule has 84 valence electrons. The number of rotatable bonds is 5. The molecule has 0 aliphatic carbocycles. The molecule has 0 radical (unpaired) electrons. The smallest absolute Gasteiger partial charge is 0.303 e. The first-order chi connectivity index (χ1) is 7.00. The number of nitrogens with one attached hydrogen (secondary N) is 1. The van der Waals surface area contributed by atoms with Crippen LogP contribution in [0.2, 0.25) is 0 Å². The maximum Gasteiger partial charge on any atom is 0.303 e. The van der Waals surface area contributed by atoms with E-state index >= 15 is 0 Å². The highest BCUT2D eigenvalue weighted by molar-refractivity contribution is 5.66. The molecule has 1 heterocycles. The van der Waals surface area contributed by atoms with Gasteiger partial charge in [-0.2, -0.15) is 0 Å². The number of aryl methyl sites for hydroxylation is 2. The van der Waals surface area contributed by atoms with Gasteiger partial charge in [0.05, 0.1) is 5.69 Å². The summed E-state index contributed by atoms with van der Waals surface area (Å²) < 4.78 is 0. The van der Waals surface area contributed by atoms with E-state index in [1.807, 2.05) is 6.92 Å². The van der Waals surface area contributed by atoms with E-state index in [9.17, 15) is 4.79 Å². The lowest BCUT2D eigenvalue weighted by Gasteiger charge is -1.99. The number of imidazole rings is 1. The topological polar surface area (TPSA) is 66.0 Å². The molecule has 1 rings (SSSR count). The van der Waals surface area contributed by atoms with Crippen molar-refractivity contribution in [3.63, 3.8) is 0 Å². The minimum atomic E-state index is -0.748. The van der Waals surface area contributed by atoms with Gasteiger partial charge in [0, 0.05) is 18.5 Å². The van der Waals surface area contributed by atoms with Gasteiger partial charge >= 0.3 is 5.97 Å². The van der Waals surface area contributed by atoms with E-state index in [4.69, 9.17) is 5.11 Å². The van der Waals surface area contributed by atoms with E-state index in [-0.39, 0.29) is 6.42 Å². The average Bonchev–Trinajstić information content (AvgIpc) is 2.46. The largest absolute Gasteiger partial charge is 0.481 e. The molecule has 0 aromatic carbocycles. The van der Waals surface area contributed by atoms with Gasteiger partial charge in [-0.25, -0.2) is 4.98 Å². The summed E-state index contributed by atoms with van der Waals surface area (Å²) in [6.07, 6.45) is 1.55. The molecule has 0 atom stereocenters. The summed E-state index contributed by atoms with van der Waals surface area (Å²) >= 11 is 0. The highest BCUT2D eigenvalue weighted by Gasteiger charge is 2.09. The molecule has 0 saturated heterocycles. The lowest BCUT2D eigenvalue weighted by Crippen LogP contribution is -1.97. The van der Waals surface area contributed by atoms with Crippen LogP contribution in [0.15, 0.2) is 0 Å². The van der Waals surface area contributed by atoms with Crippen molar-refractivity contribution < 1.29 is 9.90 Å². The zero-order chi connectivity index (χ0) is 11.4. The average molecular weight is 210 g/mol. The van der Waals surface area contributed by atoms with Crippen LogP contribution in [-0.4, -0.2) is 21.0 Å². The van der Waals surface area contributed by atoms with Crippen molar-refractivity contribution in [3.05, 3.63) is 17.2 Å².